The Hall–Kier alpha value is -4.05. The van der Waals surface area contributed by atoms with Crippen molar-refractivity contribution in [3.63, 3.8) is 0 Å². The minimum atomic E-state index is -4.66. The number of pyridine rings is 1. The Labute approximate surface area is 194 Å². The van der Waals surface area contributed by atoms with Gasteiger partial charge in [0.1, 0.15) is 0 Å². The van der Waals surface area contributed by atoms with Gasteiger partial charge in [-0.3, -0.25) is 14.4 Å². The molecule has 11 heteroatoms. The monoisotopic (exact) mass is 488 g/mol. The molecule has 3 aromatic rings. The highest BCUT2D eigenvalue weighted by Crippen LogP contribution is 2.32. The van der Waals surface area contributed by atoms with Gasteiger partial charge in [0.15, 0.2) is 24.0 Å². The van der Waals surface area contributed by atoms with Gasteiger partial charge in [-0.25, -0.2) is 9.78 Å². The van der Waals surface area contributed by atoms with Crippen LogP contribution in [0.1, 0.15) is 47.8 Å². The molecule has 0 atom stereocenters. The van der Waals surface area contributed by atoms with Crippen molar-refractivity contribution >= 4 is 40.9 Å². The number of halogens is 4. The minimum Gasteiger partial charge on any atom is -0.452 e. The van der Waals surface area contributed by atoms with Crippen LogP contribution in [0.5, 0.6) is 0 Å². The Bertz CT molecular complexity index is 1370. The molecule has 1 heterocycles. The molecule has 4 rings (SSSR count). The first kappa shape index (κ1) is 23.1. The molecule has 172 valence electrons. The summed E-state index contributed by atoms with van der Waals surface area (Å²) in [4.78, 5) is 53.9. The zero-order valence-corrected chi connectivity index (χ0v) is 17.7. The third-order valence-corrected chi connectivity index (χ3v) is 5.22. The molecule has 0 fully saturated rings. The van der Waals surface area contributed by atoms with E-state index < -0.39 is 46.8 Å². The fourth-order valence-corrected chi connectivity index (χ4v) is 3.59. The summed E-state index contributed by atoms with van der Waals surface area (Å²) in [7, 11) is 0. The first-order valence-electron chi connectivity index (χ1n) is 9.59. The highest BCUT2D eigenvalue weighted by atomic mass is 35.5. The number of hydrogen-bond acceptors (Lipinski definition) is 6. The number of alkyl halides is 3. The maximum atomic E-state index is 13.0. The van der Waals surface area contributed by atoms with E-state index in [1.165, 1.54) is 30.3 Å². The smallest absolute Gasteiger partial charge is 0.417 e. The number of carbonyl (C=O) groups is 4. The van der Waals surface area contributed by atoms with E-state index in [4.69, 9.17) is 16.3 Å². The molecule has 34 heavy (non-hydrogen) atoms. The predicted molar refractivity (Wildman–Crippen MR) is 113 cm³/mol. The van der Waals surface area contributed by atoms with Crippen molar-refractivity contribution in [3.8, 4) is 0 Å². The van der Waals surface area contributed by atoms with Crippen LogP contribution < -0.4 is 5.32 Å². The summed E-state index contributed by atoms with van der Waals surface area (Å²) in [6, 6.07) is 10.9. The number of ketones is 2. The molecule has 0 aliphatic heterocycles. The molecule has 7 nitrogen and oxygen atoms in total. The van der Waals surface area contributed by atoms with Gasteiger partial charge in [0.05, 0.1) is 16.1 Å². The van der Waals surface area contributed by atoms with Crippen molar-refractivity contribution in [2.24, 2.45) is 0 Å². The van der Waals surface area contributed by atoms with Gasteiger partial charge in [0.2, 0.25) is 0 Å². The maximum absolute atomic E-state index is 13.0. The van der Waals surface area contributed by atoms with Gasteiger partial charge in [-0.05, 0) is 12.1 Å². The molecule has 0 spiro atoms. The molecular formula is C23H12ClF3N2O5. The number of amides is 1. The number of ether oxygens (including phenoxy) is 1. The number of carbonyl (C=O) groups excluding carboxylic acids is 4. The van der Waals surface area contributed by atoms with Crippen LogP contribution in [0.15, 0.2) is 54.7 Å². The fraction of sp³-hybridized carbons (Fsp3) is 0.0870. The average molecular weight is 489 g/mol. The molecule has 0 unspecified atom stereocenters. The van der Waals surface area contributed by atoms with Gasteiger partial charge in [0.25, 0.3) is 5.91 Å². The molecule has 2 aromatic carbocycles. The van der Waals surface area contributed by atoms with E-state index in [1.807, 2.05) is 0 Å². The maximum Gasteiger partial charge on any atom is 0.417 e. The lowest BCUT2D eigenvalue weighted by molar-refractivity contribution is -0.137. The molecule has 0 saturated heterocycles. The topological polar surface area (TPSA) is 102 Å². The average Bonchev–Trinajstić information content (AvgIpc) is 2.81. The minimum absolute atomic E-state index is 0.0309. The second kappa shape index (κ2) is 8.71. The van der Waals surface area contributed by atoms with Gasteiger partial charge >= 0.3 is 12.1 Å². The standard InChI is InChI=1S/C23H12ClF3N2O5/c24-16-8-11(23(25,26)27)9-28-21(16)29-17(30)10-34-22(33)15-7-3-6-14-18(15)20(32)13-5-2-1-4-12(13)19(14)31/h1-9H,10H2,(H,28,29,30). The summed E-state index contributed by atoms with van der Waals surface area (Å²) in [5, 5.41) is 1.68. The first-order chi connectivity index (χ1) is 16.1. The van der Waals surface area contributed by atoms with E-state index >= 15 is 0 Å². The third-order valence-electron chi connectivity index (χ3n) is 4.93. The first-order valence-corrected chi connectivity index (χ1v) is 9.97. The number of rotatable bonds is 4. The van der Waals surface area contributed by atoms with Gasteiger partial charge in [-0.15, -0.1) is 0 Å². The summed E-state index contributed by atoms with van der Waals surface area (Å²) in [5.41, 5.74) is -1.06. The Morgan fingerprint density at radius 1 is 0.971 bits per heavy atom. The number of fused-ring (bicyclic) bond motifs is 2. The predicted octanol–water partition coefficient (Wildman–Crippen LogP) is 4.32. The number of hydrogen-bond donors (Lipinski definition) is 1. The SMILES string of the molecule is O=C(COC(=O)c1cccc2c1C(=O)c1ccccc1C2=O)Nc1ncc(C(F)(F)F)cc1Cl. The van der Waals surface area contributed by atoms with Crippen LogP contribution in [0.3, 0.4) is 0 Å². The molecule has 1 amide bonds. The number of benzene rings is 2. The summed E-state index contributed by atoms with van der Waals surface area (Å²) in [6.45, 7) is -0.847. The quantitative estimate of drug-likeness (QED) is 0.429. The van der Waals surface area contributed by atoms with Crippen LogP contribution in [-0.2, 0) is 15.7 Å². The zero-order valence-electron chi connectivity index (χ0n) is 16.9. The lowest BCUT2D eigenvalue weighted by atomic mass is 9.82. The van der Waals surface area contributed by atoms with Gasteiger partial charge in [-0.1, -0.05) is 48.0 Å². The summed E-state index contributed by atoms with van der Waals surface area (Å²) in [6.07, 6.45) is -4.17. The molecule has 0 saturated carbocycles. The van der Waals surface area contributed by atoms with E-state index in [0.29, 0.717) is 12.3 Å². The molecule has 1 aromatic heterocycles. The second-order valence-corrected chi connectivity index (χ2v) is 7.52. The van der Waals surface area contributed by atoms with Crippen molar-refractivity contribution in [1.82, 2.24) is 4.98 Å². The highest BCUT2D eigenvalue weighted by Gasteiger charge is 2.34. The van der Waals surface area contributed by atoms with Crippen LogP contribution in [0, 0.1) is 0 Å². The van der Waals surface area contributed by atoms with E-state index in [9.17, 15) is 32.3 Å². The normalized spacial score (nSPS) is 12.6. The van der Waals surface area contributed by atoms with Crippen molar-refractivity contribution in [1.29, 1.82) is 0 Å². The second-order valence-electron chi connectivity index (χ2n) is 7.11. The summed E-state index contributed by atoms with van der Waals surface area (Å²) in [5.74, 6) is -3.30. The van der Waals surface area contributed by atoms with Crippen LogP contribution in [-0.4, -0.2) is 35.0 Å². The molecule has 1 aliphatic rings. The van der Waals surface area contributed by atoms with E-state index in [2.05, 4.69) is 10.3 Å². The van der Waals surface area contributed by atoms with Crippen LogP contribution >= 0.6 is 11.6 Å². The van der Waals surface area contributed by atoms with E-state index in [-0.39, 0.29) is 33.6 Å². The van der Waals surface area contributed by atoms with Gasteiger partial charge in [0, 0.05) is 28.5 Å². The number of anilines is 1. The van der Waals surface area contributed by atoms with E-state index in [1.54, 1.807) is 12.1 Å². The summed E-state index contributed by atoms with van der Waals surface area (Å²) < 4.78 is 43.0. The largest absolute Gasteiger partial charge is 0.452 e. The summed E-state index contributed by atoms with van der Waals surface area (Å²) >= 11 is 5.73. The third kappa shape index (κ3) is 4.27. The molecule has 0 radical (unpaired) electrons. The Morgan fingerprint density at radius 3 is 2.26 bits per heavy atom. The number of esters is 1. The Balaban J connectivity index is 1.49. The van der Waals surface area contributed by atoms with Crippen molar-refractivity contribution in [3.05, 3.63) is 93.1 Å². The van der Waals surface area contributed by atoms with E-state index in [0.717, 1.165) is 0 Å². The molecule has 0 bridgehead atoms. The lowest BCUT2D eigenvalue weighted by Crippen LogP contribution is -2.26. The zero-order chi connectivity index (χ0) is 24.6. The molecule has 1 aliphatic carbocycles. The van der Waals surface area contributed by atoms with Crippen molar-refractivity contribution in [2.75, 3.05) is 11.9 Å². The number of nitrogens with zero attached hydrogens (tertiary/aromatic N) is 1. The fourth-order valence-electron chi connectivity index (χ4n) is 3.38. The number of aromatic nitrogens is 1. The number of nitrogens with one attached hydrogen (secondary N) is 1. The van der Waals surface area contributed by atoms with Crippen LogP contribution in [0.25, 0.3) is 0 Å². The van der Waals surface area contributed by atoms with Gasteiger partial charge in [-0.2, -0.15) is 13.2 Å². The Morgan fingerprint density at radius 2 is 1.62 bits per heavy atom. The lowest BCUT2D eigenvalue weighted by Gasteiger charge is -2.19. The van der Waals surface area contributed by atoms with Gasteiger partial charge < -0.3 is 10.1 Å². The highest BCUT2D eigenvalue weighted by molar-refractivity contribution is 6.33. The van der Waals surface area contributed by atoms with Crippen molar-refractivity contribution in [2.45, 2.75) is 6.18 Å². The molecular weight excluding hydrogens is 477 g/mol. The Kier molecular flexibility index (Phi) is 5.92. The van der Waals surface area contributed by atoms with Crippen LogP contribution in [0.2, 0.25) is 5.02 Å². The van der Waals surface area contributed by atoms with Crippen LogP contribution in [0.4, 0.5) is 19.0 Å². The molecule has 1 N–H and O–H groups in total. The van der Waals surface area contributed by atoms with Crippen molar-refractivity contribution < 1.29 is 37.1 Å².